The molecule has 0 unspecified atom stereocenters. The molecule has 0 aliphatic carbocycles. The summed E-state index contributed by atoms with van der Waals surface area (Å²) in [6, 6.07) is 2.96. The monoisotopic (exact) mass is 540 g/mol. The summed E-state index contributed by atoms with van der Waals surface area (Å²) in [6.07, 6.45) is 0. The van der Waals surface area contributed by atoms with Gasteiger partial charge >= 0.3 is 0 Å². The Morgan fingerprint density at radius 1 is 1.08 bits per heavy atom. The first-order valence-corrected chi connectivity index (χ1v) is 14.7. The first kappa shape index (κ1) is 29.8. The Bertz CT molecular complexity index is 970. The van der Waals surface area contributed by atoms with E-state index in [1.807, 2.05) is 4.90 Å². The molecule has 210 valence electrons. The van der Waals surface area contributed by atoms with Gasteiger partial charge in [0.1, 0.15) is 12.4 Å². The van der Waals surface area contributed by atoms with Gasteiger partial charge in [-0.15, -0.1) is 0 Å². The van der Waals surface area contributed by atoms with Gasteiger partial charge in [-0.25, -0.2) is 8.42 Å². The van der Waals surface area contributed by atoms with E-state index < -0.39 is 16.1 Å². The quantitative estimate of drug-likeness (QED) is 0.391. The number of sulfonamides is 1. The second kappa shape index (κ2) is 13.9. The van der Waals surface area contributed by atoms with Crippen LogP contribution in [0.25, 0.3) is 0 Å². The molecule has 1 aromatic carbocycles. The number of morpholine rings is 1. The van der Waals surface area contributed by atoms with Crippen LogP contribution in [0.2, 0.25) is 0 Å². The van der Waals surface area contributed by atoms with E-state index in [2.05, 4.69) is 23.6 Å². The lowest BCUT2D eigenvalue weighted by atomic mass is 10.1. The van der Waals surface area contributed by atoms with Crippen molar-refractivity contribution >= 4 is 15.9 Å². The maximum absolute atomic E-state index is 13.6. The molecule has 3 rings (SSSR count). The Morgan fingerprint density at radius 2 is 1.73 bits per heavy atom. The van der Waals surface area contributed by atoms with Crippen molar-refractivity contribution in [1.82, 2.24) is 19.0 Å². The minimum atomic E-state index is -3.78. The molecule has 10 nitrogen and oxygen atoms in total. The molecular weight excluding hydrogens is 496 g/mol. The Morgan fingerprint density at radius 3 is 2.32 bits per heavy atom. The van der Waals surface area contributed by atoms with E-state index in [4.69, 9.17) is 14.2 Å². The highest BCUT2D eigenvalue weighted by atomic mass is 32.2. The first-order valence-electron chi connectivity index (χ1n) is 13.3. The number of methoxy groups -OCH3 is 1. The molecule has 37 heavy (non-hydrogen) atoms. The highest BCUT2D eigenvalue weighted by Crippen LogP contribution is 2.30. The lowest BCUT2D eigenvalue weighted by Crippen LogP contribution is -2.52. The molecule has 11 heteroatoms. The molecule has 0 radical (unpaired) electrons. The Hall–Kier alpha value is -1.76. The van der Waals surface area contributed by atoms with Crippen molar-refractivity contribution in [3.8, 4) is 5.75 Å². The van der Waals surface area contributed by atoms with E-state index in [1.54, 1.807) is 33.1 Å². The van der Waals surface area contributed by atoms with Crippen LogP contribution in [0.1, 0.15) is 25.0 Å². The molecule has 2 aliphatic heterocycles. The number of nitrogens with zero attached hydrogens (tertiary/aromatic N) is 4. The van der Waals surface area contributed by atoms with E-state index in [0.717, 1.165) is 39.3 Å². The van der Waals surface area contributed by atoms with Gasteiger partial charge in [0.05, 0.1) is 37.9 Å². The number of ether oxygens (including phenoxy) is 3. The predicted molar refractivity (Wildman–Crippen MR) is 143 cm³/mol. The summed E-state index contributed by atoms with van der Waals surface area (Å²) in [6.45, 7) is 16.0. The average Bonchev–Trinajstić information content (AvgIpc) is 2.89. The summed E-state index contributed by atoms with van der Waals surface area (Å²) in [5.41, 5.74) is 1.27. The molecule has 1 aromatic rings. The van der Waals surface area contributed by atoms with E-state index >= 15 is 0 Å². The van der Waals surface area contributed by atoms with Gasteiger partial charge in [-0.05, 0) is 50.2 Å². The predicted octanol–water partition coefficient (Wildman–Crippen LogP) is 1.20. The normalized spacial score (nSPS) is 19.9. The van der Waals surface area contributed by atoms with Gasteiger partial charge in [-0.2, -0.15) is 4.31 Å². The summed E-state index contributed by atoms with van der Waals surface area (Å²) in [5.74, 6) is 0.565. The number of carbonyl (C=O) groups is 1. The Kier molecular flexibility index (Phi) is 11.2. The van der Waals surface area contributed by atoms with E-state index in [-0.39, 0.29) is 37.2 Å². The number of carbonyl (C=O) groups excluding carboxylic acids is 1. The van der Waals surface area contributed by atoms with Crippen LogP contribution >= 0.6 is 0 Å². The first-order chi connectivity index (χ1) is 17.7. The zero-order chi connectivity index (χ0) is 27.0. The molecule has 0 spiro atoms. The molecule has 2 aliphatic rings. The van der Waals surface area contributed by atoms with Crippen molar-refractivity contribution in [1.29, 1.82) is 0 Å². The Balaban J connectivity index is 1.52. The number of amides is 1. The molecule has 0 saturated carbocycles. The SMILES string of the molecule is CCN(CC)CCN1CCN(C(=O)COC[C@@H]2COCCN2S(=O)(=O)c2c(C)cc(OC)cc2C)CC1. The van der Waals surface area contributed by atoms with Gasteiger partial charge < -0.3 is 24.0 Å². The van der Waals surface area contributed by atoms with Crippen molar-refractivity contribution in [3.05, 3.63) is 23.3 Å². The van der Waals surface area contributed by atoms with Gasteiger partial charge in [0.25, 0.3) is 0 Å². The van der Waals surface area contributed by atoms with Crippen molar-refractivity contribution < 1.29 is 27.4 Å². The standard InChI is InChI=1S/C26H44N4O6S/c1-6-27(7-2)8-9-28-10-12-29(13-11-28)25(31)20-36-19-23-18-35-15-14-30(23)37(32,33)26-21(3)16-24(34-5)17-22(26)4/h16-17,23H,6-15,18-20H2,1-5H3/t23-/m0/s1. The largest absolute Gasteiger partial charge is 0.497 e. The third kappa shape index (κ3) is 7.64. The zero-order valence-electron chi connectivity index (χ0n) is 23.1. The van der Waals surface area contributed by atoms with Crippen LogP contribution in [0.4, 0.5) is 0 Å². The van der Waals surface area contributed by atoms with Crippen LogP contribution in [0.3, 0.4) is 0 Å². The highest BCUT2D eigenvalue weighted by molar-refractivity contribution is 7.89. The summed E-state index contributed by atoms with van der Waals surface area (Å²) >= 11 is 0. The van der Waals surface area contributed by atoms with Crippen LogP contribution in [-0.4, -0.2) is 132 Å². The van der Waals surface area contributed by atoms with Gasteiger partial charge in [-0.3, -0.25) is 9.69 Å². The molecule has 0 N–H and O–H groups in total. The summed E-state index contributed by atoms with van der Waals surface area (Å²) < 4.78 is 45.4. The Labute approximate surface area is 222 Å². The molecule has 2 fully saturated rings. The fourth-order valence-corrected chi connectivity index (χ4v) is 7.05. The lowest BCUT2D eigenvalue weighted by Gasteiger charge is -2.36. The summed E-state index contributed by atoms with van der Waals surface area (Å²) in [4.78, 5) is 19.7. The smallest absolute Gasteiger partial charge is 0.248 e. The van der Waals surface area contributed by atoms with Crippen LogP contribution < -0.4 is 4.74 Å². The molecule has 0 bridgehead atoms. The number of hydrogen-bond donors (Lipinski definition) is 0. The minimum Gasteiger partial charge on any atom is -0.497 e. The highest BCUT2D eigenvalue weighted by Gasteiger charge is 2.36. The van der Waals surface area contributed by atoms with Gasteiger partial charge in [0, 0.05) is 45.8 Å². The second-order valence-electron chi connectivity index (χ2n) is 9.70. The van der Waals surface area contributed by atoms with Gasteiger partial charge in [-0.1, -0.05) is 13.8 Å². The molecule has 1 atom stereocenters. The van der Waals surface area contributed by atoms with Crippen molar-refractivity contribution in [3.63, 3.8) is 0 Å². The van der Waals surface area contributed by atoms with E-state index in [1.165, 1.54) is 4.31 Å². The minimum absolute atomic E-state index is 0.0589. The second-order valence-corrected chi connectivity index (χ2v) is 11.5. The summed E-state index contributed by atoms with van der Waals surface area (Å²) in [5, 5.41) is 0. The topological polar surface area (TPSA) is 91.9 Å². The van der Waals surface area contributed by atoms with Crippen LogP contribution in [0.15, 0.2) is 17.0 Å². The lowest BCUT2D eigenvalue weighted by molar-refractivity contribution is -0.138. The van der Waals surface area contributed by atoms with Crippen molar-refractivity contribution in [2.75, 3.05) is 92.4 Å². The number of rotatable bonds is 12. The fraction of sp³-hybridized carbons (Fsp3) is 0.731. The third-order valence-electron chi connectivity index (χ3n) is 7.30. The van der Waals surface area contributed by atoms with Gasteiger partial charge in [0.2, 0.25) is 15.9 Å². The van der Waals surface area contributed by atoms with Crippen LogP contribution in [0, 0.1) is 13.8 Å². The van der Waals surface area contributed by atoms with Crippen molar-refractivity contribution in [2.45, 2.75) is 38.6 Å². The number of likely N-dealkylation sites (N-methyl/N-ethyl adjacent to an activating group) is 1. The third-order valence-corrected chi connectivity index (χ3v) is 9.56. The van der Waals surface area contributed by atoms with E-state index in [0.29, 0.717) is 36.6 Å². The van der Waals surface area contributed by atoms with Gasteiger partial charge in [0.15, 0.2) is 0 Å². The molecular formula is C26H44N4O6S. The van der Waals surface area contributed by atoms with Crippen LogP contribution in [0.5, 0.6) is 5.75 Å². The van der Waals surface area contributed by atoms with E-state index in [9.17, 15) is 13.2 Å². The van der Waals surface area contributed by atoms with Crippen molar-refractivity contribution in [2.24, 2.45) is 0 Å². The number of benzene rings is 1. The maximum Gasteiger partial charge on any atom is 0.248 e. The molecule has 0 aromatic heterocycles. The number of hydrogen-bond acceptors (Lipinski definition) is 8. The maximum atomic E-state index is 13.6. The molecule has 2 heterocycles. The zero-order valence-corrected chi connectivity index (χ0v) is 23.9. The summed E-state index contributed by atoms with van der Waals surface area (Å²) in [7, 11) is -2.22. The number of piperazine rings is 1. The molecule has 1 amide bonds. The average molecular weight is 541 g/mol. The fourth-order valence-electron chi connectivity index (χ4n) is 5.06. The molecule has 2 saturated heterocycles. The van der Waals surface area contributed by atoms with Crippen LogP contribution in [-0.2, 0) is 24.3 Å². The number of aryl methyl sites for hydroxylation is 2.